The normalized spacial score (nSPS) is 23.8. The van der Waals surface area contributed by atoms with Gasteiger partial charge in [0.25, 0.3) is 0 Å². The molecule has 2 bridgehead atoms. The van der Waals surface area contributed by atoms with E-state index in [4.69, 9.17) is 0 Å². The van der Waals surface area contributed by atoms with Crippen LogP contribution in [0.15, 0.2) is 23.3 Å². The fourth-order valence-electron chi connectivity index (χ4n) is 3.02. The second-order valence-electron chi connectivity index (χ2n) is 4.88. The van der Waals surface area contributed by atoms with Crippen molar-refractivity contribution in [3.8, 4) is 0 Å². The van der Waals surface area contributed by atoms with Gasteiger partial charge in [0.15, 0.2) is 23.3 Å². The Morgan fingerprint density at radius 2 is 1.17 bits per heavy atom. The van der Waals surface area contributed by atoms with Crippen molar-refractivity contribution in [1.82, 2.24) is 0 Å². The van der Waals surface area contributed by atoms with Gasteiger partial charge in [-0.2, -0.15) is 0 Å². The summed E-state index contributed by atoms with van der Waals surface area (Å²) in [6, 6.07) is 0. The molecule has 3 rings (SSSR count). The summed E-state index contributed by atoms with van der Waals surface area (Å²) >= 11 is 0. The zero-order valence-electron chi connectivity index (χ0n) is 9.82. The lowest BCUT2D eigenvalue weighted by Crippen LogP contribution is -2.07. The van der Waals surface area contributed by atoms with Crippen LogP contribution in [0.2, 0.25) is 0 Å². The standard InChI is InChI=1S/C14H10F4/c1-5(2)8-6-3-4-7(8)10-9(6)11(15)13(17)14(18)12(10)16/h3-4,6-7H,1-2H3. The van der Waals surface area contributed by atoms with Gasteiger partial charge in [-0.1, -0.05) is 17.7 Å². The molecule has 4 heteroatoms. The predicted molar refractivity (Wildman–Crippen MR) is 59.3 cm³/mol. The molecule has 0 heterocycles. The first-order valence-electron chi connectivity index (χ1n) is 5.66. The van der Waals surface area contributed by atoms with Crippen molar-refractivity contribution in [3.05, 3.63) is 57.7 Å². The second-order valence-corrected chi connectivity index (χ2v) is 4.88. The minimum Gasteiger partial charge on any atom is -0.203 e. The molecule has 2 aliphatic carbocycles. The molecule has 1 aromatic rings. The second kappa shape index (κ2) is 3.46. The van der Waals surface area contributed by atoms with Crippen LogP contribution >= 0.6 is 0 Å². The maximum atomic E-state index is 13.8. The van der Waals surface area contributed by atoms with Crippen LogP contribution in [0, 0.1) is 23.3 Å². The maximum Gasteiger partial charge on any atom is 0.197 e. The first-order valence-corrected chi connectivity index (χ1v) is 5.66. The number of benzene rings is 1. The summed E-state index contributed by atoms with van der Waals surface area (Å²) in [5, 5.41) is 0. The highest BCUT2D eigenvalue weighted by Crippen LogP contribution is 2.55. The van der Waals surface area contributed by atoms with E-state index < -0.39 is 35.1 Å². The lowest BCUT2D eigenvalue weighted by molar-refractivity contribution is 0.400. The minimum atomic E-state index is -1.72. The highest BCUT2D eigenvalue weighted by Gasteiger charge is 2.44. The molecule has 0 aliphatic heterocycles. The van der Waals surface area contributed by atoms with E-state index in [1.54, 1.807) is 12.2 Å². The first-order chi connectivity index (χ1) is 8.45. The number of halogens is 4. The fourth-order valence-corrected chi connectivity index (χ4v) is 3.02. The Bertz CT molecular complexity index is 574. The Hall–Kier alpha value is -1.58. The van der Waals surface area contributed by atoms with Gasteiger partial charge >= 0.3 is 0 Å². The largest absolute Gasteiger partial charge is 0.203 e. The van der Waals surface area contributed by atoms with Crippen molar-refractivity contribution in [1.29, 1.82) is 0 Å². The van der Waals surface area contributed by atoms with E-state index in [9.17, 15) is 17.6 Å². The molecule has 0 nitrogen and oxygen atoms in total. The third-order valence-electron chi connectivity index (χ3n) is 3.71. The van der Waals surface area contributed by atoms with E-state index in [1.807, 2.05) is 13.8 Å². The van der Waals surface area contributed by atoms with Crippen LogP contribution in [-0.2, 0) is 0 Å². The van der Waals surface area contributed by atoms with E-state index in [1.165, 1.54) is 0 Å². The van der Waals surface area contributed by atoms with Gasteiger partial charge in [0.1, 0.15) is 0 Å². The summed E-state index contributed by atoms with van der Waals surface area (Å²) in [5.74, 6) is -6.89. The number of rotatable bonds is 0. The molecule has 0 radical (unpaired) electrons. The molecular formula is C14H10F4. The number of hydrogen-bond acceptors (Lipinski definition) is 0. The van der Waals surface area contributed by atoms with Crippen LogP contribution in [0.25, 0.3) is 0 Å². The third kappa shape index (κ3) is 1.15. The van der Waals surface area contributed by atoms with Crippen molar-refractivity contribution >= 4 is 0 Å². The van der Waals surface area contributed by atoms with E-state index >= 15 is 0 Å². The van der Waals surface area contributed by atoms with Crippen molar-refractivity contribution in [2.24, 2.45) is 0 Å². The Labute approximate surface area is 102 Å². The minimum absolute atomic E-state index is 0.0462. The molecule has 0 aromatic heterocycles. The van der Waals surface area contributed by atoms with E-state index in [-0.39, 0.29) is 11.1 Å². The van der Waals surface area contributed by atoms with Crippen LogP contribution in [-0.4, -0.2) is 0 Å². The maximum absolute atomic E-state index is 13.8. The van der Waals surface area contributed by atoms with Gasteiger partial charge in [-0.05, 0) is 19.4 Å². The molecule has 18 heavy (non-hydrogen) atoms. The molecule has 0 spiro atoms. The molecule has 0 N–H and O–H groups in total. The van der Waals surface area contributed by atoms with Gasteiger partial charge in [-0.3, -0.25) is 0 Å². The molecule has 0 amide bonds. The summed E-state index contributed by atoms with van der Waals surface area (Å²) in [5.41, 5.74) is 1.66. The van der Waals surface area contributed by atoms with E-state index in [0.29, 0.717) is 0 Å². The van der Waals surface area contributed by atoms with E-state index in [2.05, 4.69) is 0 Å². The molecule has 2 aliphatic rings. The average molecular weight is 254 g/mol. The SMILES string of the molecule is CC(C)=C1C2C=CC1c1c(F)c(F)c(F)c(F)c12. The van der Waals surface area contributed by atoms with Crippen molar-refractivity contribution in [2.45, 2.75) is 25.7 Å². The zero-order valence-corrected chi connectivity index (χ0v) is 9.82. The van der Waals surface area contributed by atoms with Gasteiger partial charge < -0.3 is 0 Å². The Balaban J connectivity index is 2.38. The third-order valence-corrected chi connectivity index (χ3v) is 3.71. The quantitative estimate of drug-likeness (QED) is 0.280. The summed E-state index contributed by atoms with van der Waals surface area (Å²) in [7, 11) is 0. The van der Waals surface area contributed by atoms with Crippen LogP contribution in [0.4, 0.5) is 17.6 Å². The molecule has 2 unspecified atom stereocenters. The van der Waals surface area contributed by atoms with Crippen LogP contribution in [0.3, 0.4) is 0 Å². The van der Waals surface area contributed by atoms with Gasteiger partial charge in [0, 0.05) is 23.0 Å². The summed E-state index contributed by atoms with van der Waals surface area (Å²) in [4.78, 5) is 0. The molecule has 0 saturated heterocycles. The number of hydrogen-bond donors (Lipinski definition) is 0. The monoisotopic (exact) mass is 254 g/mol. The first kappa shape index (κ1) is 11.5. The average Bonchev–Trinajstić information content (AvgIpc) is 2.88. The van der Waals surface area contributed by atoms with Crippen molar-refractivity contribution in [2.75, 3.05) is 0 Å². The van der Waals surface area contributed by atoms with Crippen LogP contribution in [0.1, 0.15) is 36.8 Å². The Morgan fingerprint density at radius 3 is 1.50 bits per heavy atom. The Kier molecular flexibility index (Phi) is 2.22. The van der Waals surface area contributed by atoms with E-state index in [0.717, 1.165) is 11.1 Å². The Morgan fingerprint density at radius 1 is 0.778 bits per heavy atom. The molecule has 94 valence electrons. The van der Waals surface area contributed by atoms with Gasteiger partial charge in [-0.25, -0.2) is 17.6 Å². The predicted octanol–water partition coefficient (Wildman–Crippen LogP) is 4.33. The molecular weight excluding hydrogens is 244 g/mol. The zero-order chi connectivity index (χ0) is 13.2. The molecule has 0 saturated carbocycles. The van der Waals surface area contributed by atoms with Gasteiger partial charge in [0.05, 0.1) is 0 Å². The summed E-state index contributed by atoms with van der Waals surface area (Å²) < 4.78 is 54.1. The lowest BCUT2D eigenvalue weighted by Gasteiger charge is -2.12. The summed E-state index contributed by atoms with van der Waals surface area (Å²) in [6.07, 6.45) is 3.43. The highest BCUT2D eigenvalue weighted by atomic mass is 19.2. The van der Waals surface area contributed by atoms with Crippen LogP contribution < -0.4 is 0 Å². The van der Waals surface area contributed by atoms with Gasteiger partial charge in [-0.15, -0.1) is 0 Å². The van der Waals surface area contributed by atoms with Gasteiger partial charge in [0.2, 0.25) is 0 Å². The topological polar surface area (TPSA) is 0 Å². The molecule has 0 fully saturated rings. The number of allylic oxidation sites excluding steroid dienone is 4. The van der Waals surface area contributed by atoms with Crippen molar-refractivity contribution < 1.29 is 17.6 Å². The molecule has 2 atom stereocenters. The smallest absolute Gasteiger partial charge is 0.197 e. The fraction of sp³-hybridized carbons (Fsp3) is 0.286. The highest BCUT2D eigenvalue weighted by molar-refractivity contribution is 5.61. The summed E-state index contributed by atoms with van der Waals surface area (Å²) in [6.45, 7) is 3.66. The van der Waals surface area contributed by atoms with Crippen LogP contribution in [0.5, 0.6) is 0 Å². The number of fused-ring (bicyclic) bond motifs is 5. The molecule has 1 aromatic carbocycles. The lowest BCUT2D eigenvalue weighted by atomic mass is 9.95. The van der Waals surface area contributed by atoms with Crippen molar-refractivity contribution in [3.63, 3.8) is 0 Å².